The first-order chi connectivity index (χ1) is 10.9. The van der Waals surface area contributed by atoms with Crippen LogP contribution in [0, 0.1) is 11.3 Å². The predicted molar refractivity (Wildman–Crippen MR) is 86.5 cm³/mol. The molecule has 1 atom stereocenters. The molecule has 0 aliphatic carbocycles. The third kappa shape index (κ3) is 3.28. The summed E-state index contributed by atoms with van der Waals surface area (Å²) in [5.74, 6) is 0.0774. The van der Waals surface area contributed by atoms with Gasteiger partial charge in [0.05, 0.1) is 6.10 Å². The number of hydrogen-bond donors (Lipinski definition) is 2. The van der Waals surface area contributed by atoms with Gasteiger partial charge in [-0.1, -0.05) is 23.7 Å². The van der Waals surface area contributed by atoms with Crippen molar-refractivity contribution in [1.29, 1.82) is 5.26 Å². The van der Waals surface area contributed by atoms with Gasteiger partial charge in [0.1, 0.15) is 11.9 Å². The highest BCUT2D eigenvalue weighted by molar-refractivity contribution is 6.30. The van der Waals surface area contributed by atoms with E-state index in [2.05, 4.69) is 5.32 Å². The van der Waals surface area contributed by atoms with E-state index in [1.165, 1.54) is 14.1 Å². The zero-order valence-electron chi connectivity index (χ0n) is 12.6. The number of aromatic nitrogens is 2. The van der Waals surface area contributed by atoms with Gasteiger partial charge in [0.2, 0.25) is 0 Å². The number of aliphatic hydroxyl groups excluding tert-OH is 1. The van der Waals surface area contributed by atoms with E-state index in [-0.39, 0.29) is 17.9 Å². The Morgan fingerprint density at radius 3 is 2.43 bits per heavy atom. The zero-order chi connectivity index (χ0) is 17.1. The summed E-state index contributed by atoms with van der Waals surface area (Å²) in [6.45, 7) is 0.0246. The average molecular weight is 335 g/mol. The topological polar surface area (TPSA) is 100 Å². The van der Waals surface area contributed by atoms with Gasteiger partial charge >= 0.3 is 5.69 Å². The Labute approximate surface area is 137 Å². The molecule has 0 spiro atoms. The van der Waals surface area contributed by atoms with Crippen molar-refractivity contribution >= 4 is 17.4 Å². The summed E-state index contributed by atoms with van der Waals surface area (Å²) in [5, 5.41) is 22.7. The fourth-order valence-electron chi connectivity index (χ4n) is 2.15. The van der Waals surface area contributed by atoms with Crippen LogP contribution in [0.1, 0.15) is 17.2 Å². The summed E-state index contributed by atoms with van der Waals surface area (Å²) in [4.78, 5) is 23.9. The molecular formula is C15H15ClN4O3. The lowest BCUT2D eigenvalue weighted by atomic mass is 10.1. The van der Waals surface area contributed by atoms with E-state index in [9.17, 15) is 14.7 Å². The Bertz CT molecular complexity index is 878. The molecule has 8 heteroatoms. The van der Waals surface area contributed by atoms with Crippen molar-refractivity contribution in [2.45, 2.75) is 6.10 Å². The van der Waals surface area contributed by atoms with Crippen LogP contribution in [-0.4, -0.2) is 20.8 Å². The molecule has 2 rings (SSSR count). The van der Waals surface area contributed by atoms with Crippen molar-refractivity contribution in [1.82, 2.24) is 9.13 Å². The fraction of sp³-hybridized carbons (Fsp3) is 0.267. The molecule has 0 saturated heterocycles. The molecule has 0 bridgehead atoms. The summed E-state index contributed by atoms with van der Waals surface area (Å²) in [5.41, 5.74) is -0.802. The standard InChI is InChI=1S/C15H15ClN4O3/c1-19-13(11(7-17)14(22)20(2)15(19)23)18-8-12(21)9-3-5-10(16)6-4-9/h3-6,12,18,21H,8H2,1-2H3/t12-/m0/s1. The lowest BCUT2D eigenvalue weighted by Crippen LogP contribution is -2.40. The molecule has 7 nitrogen and oxygen atoms in total. The Morgan fingerprint density at radius 2 is 1.87 bits per heavy atom. The van der Waals surface area contributed by atoms with E-state index >= 15 is 0 Å². The summed E-state index contributed by atoms with van der Waals surface area (Å²) < 4.78 is 2.02. The largest absolute Gasteiger partial charge is 0.387 e. The summed E-state index contributed by atoms with van der Waals surface area (Å²) >= 11 is 5.79. The van der Waals surface area contributed by atoms with Crippen molar-refractivity contribution in [2.75, 3.05) is 11.9 Å². The van der Waals surface area contributed by atoms with E-state index in [0.29, 0.717) is 10.6 Å². The molecule has 1 aromatic heterocycles. The highest BCUT2D eigenvalue weighted by Gasteiger charge is 2.16. The Hall–Kier alpha value is -2.56. The van der Waals surface area contributed by atoms with Crippen molar-refractivity contribution < 1.29 is 5.11 Å². The van der Waals surface area contributed by atoms with E-state index in [4.69, 9.17) is 16.9 Å². The van der Waals surface area contributed by atoms with Gasteiger partial charge in [-0.05, 0) is 17.7 Å². The van der Waals surface area contributed by atoms with Gasteiger partial charge in [-0.3, -0.25) is 13.9 Å². The zero-order valence-corrected chi connectivity index (χ0v) is 13.3. The third-order valence-corrected chi connectivity index (χ3v) is 3.75. The van der Waals surface area contributed by atoms with E-state index in [1.807, 2.05) is 0 Å². The molecule has 2 N–H and O–H groups in total. The van der Waals surface area contributed by atoms with Gasteiger partial charge in [-0.2, -0.15) is 5.26 Å². The second-order valence-corrected chi connectivity index (χ2v) is 5.43. The lowest BCUT2D eigenvalue weighted by molar-refractivity contribution is 0.191. The van der Waals surface area contributed by atoms with Crippen LogP contribution < -0.4 is 16.6 Å². The number of benzene rings is 1. The van der Waals surface area contributed by atoms with Gasteiger partial charge in [0, 0.05) is 25.7 Å². The molecular weight excluding hydrogens is 320 g/mol. The normalized spacial score (nSPS) is 11.8. The molecule has 0 fully saturated rings. The molecule has 0 radical (unpaired) electrons. The van der Waals surface area contributed by atoms with Crippen molar-refractivity contribution in [3.63, 3.8) is 0 Å². The molecule has 1 aromatic carbocycles. The highest BCUT2D eigenvalue weighted by atomic mass is 35.5. The quantitative estimate of drug-likeness (QED) is 0.859. The maximum atomic E-state index is 12.0. The molecule has 0 saturated carbocycles. The van der Waals surface area contributed by atoms with Gasteiger partial charge < -0.3 is 10.4 Å². The fourth-order valence-corrected chi connectivity index (χ4v) is 2.27. The van der Waals surface area contributed by atoms with Gasteiger partial charge in [0.25, 0.3) is 5.56 Å². The van der Waals surface area contributed by atoms with Crippen LogP contribution in [0.15, 0.2) is 33.9 Å². The minimum absolute atomic E-state index is 0.0246. The van der Waals surface area contributed by atoms with Crippen LogP contribution in [0.4, 0.5) is 5.82 Å². The first kappa shape index (κ1) is 16.8. The number of rotatable bonds is 4. The number of hydrogen-bond acceptors (Lipinski definition) is 5. The minimum atomic E-state index is -0.891. The van der Waals surface area contributed by atoms with Crippen LogP contribution in [0.2, 0.25) is 5.02 Å². The second-order valence-electron chi connectivity index (χ2n) is 4.99. The van der Waals surface area contributed by atoms with Crippen LogP contribution in [-0.2, 0) is 14.1 Å². The van der Waals surface area contributed by atoms with E-state index in [0.717, 1.165) is 9.13 Å². The highest BCUT2D eigenvalue weighted by Crippen LogP contribution is 2.17. The van der Waals surface area contributed by atoms with Crippen molar-refractivity contribution in [3.8, 4) is 6.07 Å². The molecule has 0 amide bonds. The Balaban J connectivity index is 2.31. The summed E-state index contributed by atoms with van der Waals surface area (Å²) in [7, 11) is 2.75. The van der Waals surface area contributed by atoms with Crippen molar-refractivity contribution in [3.05, 3.63) is 61.3 Å². The van der Waals surface area contributed by atoms with Gasteiger partial charge in [0.15, 0.2) is 5.56 Å². The summed E-state index contributed by atoms with van der Waals surface area (Å²) in [6, 6.07) is 8.42. The second kappa shape index (κ2) is 6.69. The monoisotopic (exact) mass is 334 g/mol. The predicted octanol–water partition coefficient (Wildman–Crippen LogP) is 0.755. The number of nitriles is 1. The molecule has 0 unspecified atom stereocenters. The lowest BCUT2D eigenvalue weighted by Gasteiger charge is -2.16. The third-order valence-electron chi connectivity index (χ3n) is 3.49. The number of anilines is 1. The average Bonchev–Trinajstić information content (AvgIpc) is 2.55. The number of aliphatic hydroxyl groups is 1. The molecule has 0 aliphatic rings. The molecule has 0 aliphatic heterocycles. The van der Waals surface area contributed by atoms with Crippen LogP contribution in [0.5, 0.6) is 0 Å². The maximum absolute atomic E-state index is 12.0. The molecule has 120 valence electrons. The minimum Gasteiger partial charge on any atom is -0.387 e. The molecule has 1 heterocycles. The Morgan fingerprint density at radius 1 is 1.26 bits per heavy atom. The number of nitrogens with one attached hydrogen (secondary N) is 1. The molecule has 23 heavy (non-hydrogen) atoms. The van der Waals surface area contributed by atoms with Gasteiger partial charge in [-0.25, -0.2) is 4.79 Å². The van der Waals surface area contributed by atoms with Crippen molar-refractivity contribution in [2.24, 2.45) is 14.1 Å². The van der Waals surface area contributed by atoms with Crippen LogP contribution >= 0.6 is 11.6 Å². The van der Waals surface area contributed by atoms with Gasteiger partial charge in [-0.15, -0.1) is 0 Å². The first-order valence-corrected chi connectivity index (χ1v) is 7.12. The SMILES string of the molecule is Cn1c(NC[C@H](O)c2ccc(Cl)cc2)c(C#N)c(=O)n(C)c1=O. The first-order valence-electron chi connectivity index (χ1n) is 6.74. The van der Waals surface area contributed by atoms with Crippen LogP contribution in [0.3, 0.4) is 0 Å². The number of halogens is 1. The maximum Gasteiger partial charge on any atom is 0.332 e. The smallest absolute Gasteiger partial charge is 0.332 e. The van der Waals surface area contributed by atoms with E-state index in [1.54, 1.807) is 30.3 Å². The summed E-state index contributed by atoms with van der Waals surface area (Å²) in [6.07, 6.45) is -0.891. The van der Waals surface area contributed by atoms with Crippen LogP contribution in [0.25, 0.3) is 0 Å². The molecule has 2 aromatic rings. The van der Waals surface area contributed by atoms with E-state index < -0.39 is 17.4 Å². The number of nitrogens with zero attached hydrogens (tertiary/aromatic N) is 3. The Kier molecular flexibility index (Phi) is 4.89.